The Labute approximate surface area is 136 Å². The monoisotopic (exact) mass is 306 g/mol. The van der Waals surface area contributed by atoms with Crippen LogP contribution in [-0.4, -0.2) is 5.88 Å². The number of hydrogen-bond donors (Lipinski definition) is 0. The highest BCUT2D eigenvalue weighted by Crippen LogP contribution is 2.42. The zero-order valence-electron chi connectivity index (χ0n) is 13.7. The molecule has 1 aliphatic rings. The maximum Gasteiger partial charge on any atom is 0.0320 e. The molecular weight excluding hydrogens is 276 g/mol. The van der Waals surface area contributed by atoms with Crippen molar-refractivity contribution in [3.8, 4) is 0 Å². The molecule has 1 unspecified atom stereocenters. The second-order valence-electron chi connectivity index (χ2n) is 6.80. The van der Waals surface area contributed by atoms with Gasteiger partial charge >= 0.3 is 0 Å². The first kappa shape index (κ1) is 16.9. The van der Waals surface area contributed by atoms with E-state index in [9.17, 15) is 0 Å². The van der Waals surface area contributed by atoms with E-state index >= 15 is 0 Å². The highest BCUT2D eigenvalue weighted by atomic mass is 35.5. The largest absolute Gasteiger partial charge is 0.126 e. The van der Waals surface area contributed by atoms with E-state index in [1.807, 2.05) is 0 Å². The first-order chi connectivity index (χ1) is 10.3. The summed E-state index contributed by atoms with van der Waals surface area (Å²) in [7, 11) is 0. The molecule has 2 rings (SSSR count). The molecule has 0 N–H and O–H groups in total. The molecule has 0 saturated heterocycles. The van der Waals surface area contributed by atoms with Gasteiger partial charge in [0.15, 0.2) is 0 Å². The molecule has 0 heterocycles. The van der Waals surface area contributed by atoms with Crippen LogP contribution >= 0.6 is 11.6 Å². The molecule has 0 radical (unpaired) electrons. The summed E-state index contributed by atoms with van der Waals surface area (Å²) in [4.78, 5) is 0. The molecule has 0 amide bonds. The molecule has 1 aromatic carbocycles. The van der Waals surface area contributed by atoms with Crippen molar-refractivity contribution in [1.82, 2.24) is 0 Å². The summed E-state index contributed by atoms with van der Waals surface area (Å²) in [5.41, 5.74) is 3.37. The summed E-state index contributed by atoms with van der Waals surface area (Å²) in [5, 5.41) is 0. The molecule has 1 heteroatoms. The van der Waals surface area contributed by atoms with E-state index in [4.69, 9.17) is 11.6 Å². The molecule has 1 aliphatic carbocycles. The summed E-state index contributed by atoms with van der Waals surface area (Å²) >= 11 is 6.45. The van der Waals surface area contributed by atoms with Gasteiger partial charge in [-0.25, -0.2) is 0 Å². The maximum atomic E-state index is 6.45. The highest BCUT2D eigenvalue weighted by molar-refractivity contribution is 6.18. The average Bonchev–Trinajstić information content (AvgIpc) is 2.54. The molecule has 0 aliphatic heterocycles. The molecule has 1 atom stereocenters. The minimum Gasteiger partial charge on any atom is -0.126 e. The fraction of sp³-hybridized carbons (Fsp3) is 0.700. The van der Waals surface area contributed by atoms with Gasteiger partial charge in [0.05, 0.1) is 0 Å². The van der Waals surface area contributed by atoms with Gasteiger partial charge < -0.3 is 0 Å². The number of hydrogen-bond acceptors (Lipinski definition) is 0. The van der Waals surface area contributed by atoms with E-state index in [1.54, 1.807) is 11.1 Å². The first-order valence-corrected chi connectivity index (χ1v) is 9.50. The van der Waals surface area contributed by atoms with Crippen molar-refractivity contribution in [1.29, 1.82) is 0 Å². The predicted molar refractivity (Wildman–Crippen MR) is 94.4 cm³/mol. The lowest BCUT2D eigenvalue weighted by Gasteiger charge is -2.38. The Bertz CT molecular complexity index is 412. The lowest BCUT2D eigenvalue weighted by atomic mass is 9.68. The zero-order chi connectivity index (χ0) is 15.0. The lowest BCUT2D eigenvalue weighted by Crippen LogP contribution is -2.32. The Hall–Kier alpha value is -0.490. The molecule has 21 heavy (non-hydrogen) atoms. The Morgan fingerprint density at radius 2 is 1.71 bits per heavy atom. The number of halogens is 1. The van der Waals surface area contributed by atoms with Crippen molar-refractivity contribution in [2.75, 3.05) is 5.88 Å². The minimum atomic E-state index is 0.264. The molecule has 0 saturated carbocycles. The number of fused-ring (bicyclic) bond motifs is 1. The van der Waals surface area contributed by atoms with Gasteiger partial charge in [0, 0.05) is 11.3 Å². The molecule has 0 fully saturated rings. The average molecular weight is 307 g/mol. The van der Waals surface area contributed by atoms with Crippen LogP contribution in [0.1, 0.15) is 82.3 Å². The van der Waals surface area contributed by atoms with Crippen LogP contribution in [0.4, 0.5) is 0 Å². The van der Waals surface area contributed by atoms with Crippen molar-refractivity contribution in [2.45, 2.75) is 83.0 Å². The summed E-state index contributed by atoms with van der Waals surface area (Å²) in [6.07, 6.45) is 14.8. The number of aryl methyl sites for hydroxylation is 1. The summed E-state index contributed by atoms with van der Waals surface area (Å²) in [6.45, 7) is 2.28. The molecule has 0 spiro atoms. The van der Waals surface area contributed by atoms with E-state index < -0.39 is 0 Å². The van der Waals surface area contributed by atoms with Crippen LogP contribution in [0.15, 0.2) is 24.3 Å². The van der Waals surface area contributed by atoms with Crippen LogP contribution < -0.4 is 0 Å². The SMILES string of the molecule is CCCCCCCCCC1(CCl)CCCc2ccccc21. The third-order valence-electron chi connectivity index (χ3n) is 5.20. The molecule has 0 aromatic heterocycles. The van der Waals surface area contributed by atoms with Crippen molar-refractivity contribution < 1.29 is 0 Å². The third-order valence-corrected chi connectivity index (χ3v) is 5.72. The van der Waals surface area contributed by atoms with E-state index in [-0.39, 0.29) is 5.41 Å². The van der Waals surface area contributed by atoms with Crippen LogP contribution in [0.5, 0.6) is 0 Å². The number of benzene rings is 1. The molecule has 1 aromatic rings. The zero-order valence-corrected chi connectivity index (χ0v) is 14.4. The van der Waals surface area contributed by atoms with Gasteiger partial charge in [0.25, 0.3) is 0 Å². The molecule has 0 nitrogen and oxygen atoms in total. The van der Waals surface area contributed by atoms with Gasteiger partial charge in [-0.05, 0) is 36.8 Å². The van der Waals surface area contributed by atoms with Crippen LogP contribution in [0.25, 0.3) is 0 Å². The van der Waals surface area contributed by atoms with Crippen LogP contribution in [0, 0.1) is 0 Å². The summed E-state index contributed by atoms with van der Waals surface area (Å²) < 4.78 is 0. The van der Waals surface area contributed by atoms with Crippen LogP contribution in [-0.2, 0) is 11.8 Å². The predicted octanol–water partition coefficient (Wildman–Crippen LogP) is 6.64. The second kappa shape index (κ2) is 8.83. The van der Waals surface area contributed by atoms with Gasteiger partial charge in [0.1, 0.15) is 0 Å². The number of rotatable bonds is 9. The maximum absolute atomic E-state index is 6.45. The summed E-state index contributed by atoms with van der Waals surface area (Å²) in [6, 6.07) is 9.01. The van der Waals surface area contributed by atoms with Crippen LogP contribution in [0.3, 0.4) is 0 Å². The van der Waals surface area contributed by atoms with Crippen molar-refractivity contribution in [2.24, 2.45) is 0 Å². The quantitative estimate of drug-likeness (QED) is 0.354. The molecule has 0 bridgehead atoms. The van der Waals surface area contributed by atoms with E-state index in [0.29, 0.717) is 0 Å². The Morgan fingerprint density at radius 3 is 2.48 bits per heavy atom. The first-order valence-electron chi connectivity index (χ1n) is 8.97. The van der Waals surface area contributed by atoms with Gasteiger partial charge in [-0.15, -0.1) is 11.6 Å². The lowest BCUT2D eigenvalue weighted by molar-refractivity contribution is 0.355. The van der Waals surface area contributed by atoms with Gasteiger partial charge in [0.2, 0.25) is 0 Å². The van der Waals surface area contributed by atoms with E-state index in [1.165, 1.54) is 70.6 Å². The highest BCUT2D eigenvalue weighted by Gasteiger charge is 2.34. The standard InChI is InChI=1S/C20H31Cl/c1-2-3-4-5-6-7-10-15-20(17-21)16-11-13-18-12-8-9-14-19(18)20/h8-9,12,14H,2-7,10-11,13,15-17H2,1H3. The number of unbranched alkanes of at least 4 members (excludes halogenated alkanes) is 6. The van der Waals surface area contributed by atoms with Gasteiger partial charge in [-0.2, -0.15) is 0 Å². The van der Waals surface area contributed by atoms with Crippen molar-refractivity contribution >= 4 is 11.6 Å². The molecule has 118 valence electrons. The minimum absolute atomic E-state index is 0.264. The van der Waals surface area contributed by atoms with Crippen molar-refractivity contribution in [3.05, 3.63) is 35.4 Å². The normalized spacial score (nSPS) is 21.2. The Morgan fingerprint density at radius 1 is 1.00 bits per heavy atom. The van der Waals surface area contributed by atoms with E-state index in [0.717, 1.165) is 5.88 Å². The van der Waals surface area contributed by atoms with Crippen molar-refractivity contribution in [3.63, 3.8) is 0 Å². The smallest absolute Gasteiger partial charge is 0.0320 e. The van der Waals surface area contributed by atoms with Crippen LogP contribution in [0.2, 0.25) is 0 Å². The number of alkyl halides is 1. The Kier molecular flexibility index (Phi) is 7.10. The topological polar surface area (TPSA) is 0 Å². The van der Waals surface area contributed by atoms with Gasteiger partial charge in [-0.1, -0.05) is 76.1 Å². The third kappa shape index (κ3) is 4.49. The second-order valence-corrected chi connectivity index (χ2v) is 7.06. The van der Waals surface area contributed by atoms with E-state index in [2.05, 4.69) is 31.2 Å². The van der Waals surface area contributed by atoms with Gasteiger partial charge in [-0.3, -0.25) is 0 Å². The summed E-state index contributed by atoms with van der Waals surface area (Å²) in [5.74, 6) is 0.792. The fourth-order valence-corrected chi connectivity index (χ4v) is 4.30. The Balaban J connectivity index is 1.85. The fourth-order valence-electron chi connectivity index (χ4n) is 3.89. The molecular formula is C20H31Cl.